The van der Waals surface area contributed by atoms with Crippen LogP contribution in [-0.2, 0) is 9.84 Å². The van der Waals surface area contributed by atoms with E-state index in [-0.39, 0.29) is 11.7 Å². The summed E-state index contributed by atoms with van der Waals surface area (Å²) in [7, 11) is 2.35. The summed E-state index contributed by atoms with van der Waals surface area (Å²) in [5, 5.41) is 0. The Morgan fingerprint density at radius 3 is 2.62 bits per heavy atom. The summed E-state index contributed by atoms with van der Waals surface area (Å²) in [4.78, 5) is 2.47. The minimum Gasteiger partial charge on any atom is -0.497 e. The molecule has 0 radical (unpaired) electrons. The van der Waals surface area contributed by atoms with Crippen molar-refractivity contribution in [1.82, 2.24) is 0 Å². The molecule has 24 heavy (non-hydrogen) atoms. The van der Waals surface area contributed by atoms with E-state index in [2.05, 4.69) is 6.07 Å². The van der Waals surface area contributed by atoms with Crippen molar-refractivity contribution in [3.05, 3.63) is 53.6 Å². The van der Waals surface area contributed by atoms with E-state index in [4.69, 9.17) is 4.74 Å². The first kappa shape index (κ1) is 16.8. The molecule has 0 fully saturated rings. The van der Waals surface area contributed by atoms with Crippen molar-refractivity contribution in [1.29, 1.82) is 0 Å². The SMILES string of the molecule is COc1cccc(C2CCCS(=O)(=O)c3ccc(N(C)C)cc32)c1. The lowest BCUT2D eigenvalue weighted by atomic mass is 9.87. The van der Waals surface area contributed by atoms with E-state index in [9.17, 15) is 8.42 Å². The third-order valence-corrected chi connectivity index (χ3v) is 6.49. The Hall–Kier alpha value is -2.01. The van der Waals surface area contributed by atoms with Crippen molar-refractivity contribution in [2.24, 2.45) is 0 Å². The van der Waals surface area contributed by atoms with Crippen LogP contribution >= 0.6 is 0 Å². The van der Waals surface area contributed by atoms with E-state index < -0.39 is 9.84 Å². The summed E-state index contributed by atoms with van der Waals surface area (Å²) >= 11 is 0. The number of rotatable bonds is 3. The van der Waals surface area contributed by atoms with Crippen LogP contribution in [0.25, 0.3) is 0 Å². The fourth-order valence-corrected chi connectivity index (χ4v) is 4.92. The highest BCUT2D eigenvalue weighted by Crippen LogP contribution is 2.39. The number of benzene rings is 2. The van der Waals surface area contributed by atoms with Gasteiger partial charge >= 0.3 is 0 Å². The Morgan fingerprint density at radius 2 is 1.92 bits per heavy atom. The molecular weight excluding hydrogens is 322 g/mol. The quantitative estimate of drug-likeness (QED) is 0.855. The minimum absolute atomic E-state index is 0.0623. The van der Waals surface area contributed by atoms with E-state index in [1.165, 1.54) is 0 Å². The Bertz CT molecular complexity index is 843. The maximum atomic E-state index is 12.6. The first-order valence-corrected chi connectivity index (χ1v) is 9.75. The second-order valence-electron chi connectivity index (χ2n) is 6.41. The molecule has 4 nitrogen and oxygen atoms in total. The van der Waals surface area contributed by atoms with E-state index in [0.717, 1.165) is 29.0 Å². The maximum Gasteiger partial charge on any atom is 0.178 e. The number of hydrogen-bond donors (Lipinski definition) is 0. The lowest BCUT2D eigenvalue weighted by molar-refractivity contribution is 0.414. The fraction of sp³-hybridized carbons (Fsp3) is 0.368. The van der Waals surface area contributed by atoms with Crippen molar-refractivity contribution in [3.8, 4) is 5.75 Å². The van der Waals surface area contributed by atoms with Gasteiger partial charge in [-0.05, 0) is 54.3 Å². The molecule has 0 amide bonds. The Morgan fingerprint density at radius 1 is 1.12 bits per heavy atom. The van der Waals surface area contributed by atoms with Gasteiger partial charge < -0.3 is 9.64 Å². The average molecular weight is 345 g/mol. The Balaban J connectivity index is 2.19. The summed E-state index contributed by atoms with van der Waals surface area (Å²) in [5.74, 6) is 1.07. The molecule has 0 spiro atoms. The molecule has 3 rings (SSSR count). The highest BCUT2D eigenvalue weighted by Gasteiger charge is 2.29. The molecule has 0 saturated carbocycles. The van der Waals surface area contributed by atoms with Gasteiger partial charge in [0.05, 0.1) is 17.8 Å². The molecule has 1 aliphatic rings. The van der Waals surface area contributed by atoms with E-state index in [1.807, 2.05) is 49.3 Å². The molecule has 0 aromatic heterocycles. The molecule has 0 N–H and O–H groups in total. The van der Waals surface area contributed by atoms with Crippen molar-refractivity contribution < 1.29 is 13.2 Å². The molecule has 5 heteroatoms. The first-order chi connectivity index (χ1) is 11.4. The zero-order chi connectivity index (χ0) is 17.3. The predicted molar refractivity (Wildman–Crippen MR) is 96.9 cm³/mol. The molecule has 0 bridgehead atoms. The molecule has 1 heterocycles. The predicted octanol–water partition coefficient (Wildman–Crippen LogP) is 3.46. The van der Waals surface area contributed by atoms with Gasteiger partial charge in [-0.1, -0.05) is 12.1 Å². The van der Waals surface area contributed by atoms with Gasteiger partial charge in [0.15, 0.2) is 9.84 Å². The Kier molecular flexibility index (Phi) is 4.54. The summed E-state index contributed by atoms with van der Waals surface area (Å²) in [6.07, 6.45) is 1.48. The topological polar surface area (TPSA) is 46.6 Å². The first-order valence-electron chi connectivity index (χ1n) is 8.10. The fourth-order valence-electron chi connectivity index (χ4n) is 3.32. The second kappa shape index (κ2) is 6.48. The lowest BCUT2D eigenvalue weighted by Gasteiger charge is -2.21. The van der Waals surface area contributed by atoms with Gasteiger partial charge in [0.2, 0.25) is 0 Å². The number of ether oxygens (including phenoxy) is 1. The number of anilines is 1. The molecule has 1 aliphatic heterocycles. The molecule has 2 aromatic carbocycles. The van der Waals surface area contributed by atoms with Gasteiger partial charge in [-0.25, -0.2) is 8.42 Å². The van der Waals surface area contributed by atoms with Crippen LogP contribution in [0, 0.1) is 0 Å². The van der Waals surface area contributed by atoms with Gasteiger partial charge in [-0.3, -0.25) is 0 Å². The number of methoxy groups -OCH3 is 1. The molecule has 0 saturated heterocycles. The lowest BCUT2D eigenvalue weighted by Crippen LogP contribution is -2.12. The average Bonchev–Trinajstić information content (AvgIpc) is 2.70. The van der Waals surface area contributed by atoms with Crippen molar-refractivity contribution >= 4 is 15.5 Å². The van der Waals surface area contributed by atoms with Gasteiger partial charge in [0, 0.05) is 25.7 Å². The second-order valence-corrected chi connectivity index (χ2v) is 8.48. The molecule has 128 valence electrons. The van der Waals surface area contributed by atoms with Crippen LogP contribution in [0.5, 0.6) is 5.75 Å². The van der Waals surface area contributed by atoms with Gasteiger partial charge in [0.1, 0.15) is 5.75 Å². The van der Waals surface area contributed by atoms with Crippen LogP contribution in [0.15, 0.2) is 47.4 Å². The van der Waals surface area contributed by atoms with Gasteiger partial charge in [-0.2, -0.15) is 0 Å². The van der Waals surface area contributed by atoms with Gasteiger partial charge in [0.25, 0.3) is 0 Å². The van der Waals surface area contributed by atoms with Crippen LogP contribution < -0.4 is 9.64 Å². The smallest absolute Gasteiger partial charge is 0.178 e. The van der Waals surface area contributed by atoms with Crippen molar-refractivity contribution in [2.45, 2.75) is 23.7 Å². The highest BCUT2D eigenvalue weighted by atomic mass is 32.2. The van der Waals surface area contributed by atoms with E-state index in [0.29, 0.717) is 11.3 Å². The summed E-state index contributed by atoms with van der Waals surface area (Å²) < 4.78 is 30.6. The summed E-state index contributed by atoms with van der Waals surface area (Å²) in [6, 6.07) is 13.6. The Labute approximate surface area is 144 Å². The summed E-state index contributed by atoms with van der Waals surface area (Å²) in [6.45, 7) is 0. The van der Waals surface area contributed by atoms with E-state index in [1.54, 1.807) is 13.2 Å². The zero-order valence-corrected chi connectivity index (χ0v) is 15.1. The summed E-state index contributed by atoms with van der Waals surface area (Å²) in [5.41, 5.74) is 3.01. The normalized spacial score (nSPS) is 19.2. The number of nitrogens with zero attached hydrogens (tertiary/aromatic N) is 1. The van der Waals surface area contributed by atoms with Crippen molar-refractivity contribution in [3.63, 3.8) is 0 Å². The monoisotopic (exact) mass is 345 g/mol. The molecule has 0 aliphatic carbocycles. The standard InChI is InChI=1S/C19H23NO3S/c1-20(2)15-9-10-19-18(13-15)17(8-5-11-24(19,21)22)14-6-4-7-16(12-14)23-3/h4,6-7,9-10,12-13,17H,5,8,11H2,1-3H3. The number of hydrogen-bond acceptors (Lipinski definition) is 4. The molecule has 1 atom stereocenters. The highest BCUT2D eigenvalue weighted by molar-refractivity contribution is 7.91. The van der Waals surface area contributed by atoms with Crippen LogP contribution in [0.3, 0.4) is 0 Å². The largest absolute Gasteiger partial charge is 0.497 e. The van der Waals surface area contributed by atoms with E-state index >= 15 is 0 Å². The third-order valence-electron chi connectivity index (χ3n) is 4.62. The third kappa shape index (κ3) is 3.13. The van der Waals surface area contributed by atoms with Crippen molar-refractivity contribution in [2.75, 3.05) is 31.9 Å². The zero-order valence-electron chi connectivity index (χ0n) is 14.3. The van der Waals surface area contributed by atoms with Crippen LogP contribution in [0.4, 0.5) is 5.69 Å². The minimum atomic E-state index is -3.23. The van der Waals surface area contributed by atoms with Crippen LogP contribution in [-0.4, -0.2) is 35.4 Å². The van der Waals surface area contributed by atoms with Gasteiger partial charge in [-0.15, -0.1) is 0 Å². The van der Waals surface area contributed by atoms with Crippen LogP contribution in [0.1, 0.15) is 29.9 Å². The molecule has 2 aromatic rings. The number of sulfone groups is 1. The number of fused-ring (bicyclic) bond motifs is 1. The molecule has 1 unspecified atom stereocenters. The van der Waals surface area contributed by atoms with Crippen LogP contribution in [0.2, 0.25) is 0 Å². The maximum absolute atomic E-state index is 12.6. The molecular formula is C19H23NO3S.